The highest BCUT2D eigenvalue weighted by molar-refractivity contribution is 7.80. The van der Waals surface area contributed by atoms with Crippen LogP contribution < -0.4 is 19.1 Å². The van der Waals surface area contributed by atoms with Crippen LogP contribution in [0.25, 0.3) is 0 Å². The molecule has 3 aromatic rings. The van der Waals surface area contributed by atoms with Gasteiger partial charge in [-0.05, 0) is 61.6 Å². The first-order chi connectivity index (χ1) is 16.4. The maximum absolute atomic E-state index is 14.0. The van der Waals surface area contributed by atoms with Gasteiger partial charge in [-0.2, -0.15) is 0 Å². The Labute approximate surface area is 202 Å². The third kappa shape index (κ3) is 3.37. The summed E-state index contributed by atoms with van der Waals surface area (Å²) in [6, 6.07) is 18.2. The fourth-order valence-electron chi connectivity index (χ4n) is 4.76. The Balaban J connectivity index is 1.71. The van der Waals surface area contributed by atoms with Crippen molar-refractivity contribution < 1.29 is 23.4 Å². The number of hydrogen-bond donors (Lipinski definition) is 0. The molecule has 0 spiro atoms. The molecule has 1 saturated heterocycles. The van der Waals surface area contributed by atoms with Crippen LogP contribution in [0.15, 0.2) is 66.7 Å². The van der Waals surface area contributed by atoms with E-state index in [1.54, 1.807) is 53.3 Å². The summed E-state index contributed by atoms with van der Waals surface area (Å²) >= 11 is 5.92. The Morgan fingerprint density at radius 3 is 2.41 bits per heavy atom. The van der Waals surface area contributed by atoms with Crippen LogP contribution in [-0.2, 0) is 0 Å². The summed E-state index contributed by atoms with van der Waals surface area (Å²) in [6.45, 7) is 1.91. The molecule has 1 amide bonds. The molecule has 2 heterocycles. The van der Waals surface area contributed by atoms with Crippen LogP contribution in [0.4, 0.5) is 10.1 Å². The lowest BCUT2D eigenvalue weighted by Gasteiger charge is -2.55. The average molecular weight is 479 g/mol. The van der Waals surface area contributed by atoms with Crippen LogP contribution in [0.1, 0.15) is 35.3 Å². The number of ether oxygens (including phenoxy) is 3. The third-order valence-corrected chi connectivity index (χ3v) is 6.68. The summed E-state index contributed by atoms with van der Waals surface area (Å²) in [6.07, 6.45) is 0.436. The highest BCUT2D eigenvalue weighted by Gasteiger charge is 2.54. The van der Waals surface area contributed by atoms with Gasteiger partial charge in [0.05, 0.1) is 25.8 Å². The molecule has 0 N–H and O–H groups in total. The minimum atomic E-state index is -0.932. The Kier molecular flexibility index (Phi) is 5.40. The van der Waals surface area contributed by atoms with Crippen LogP contribution >= 0.6 is 12.2 Å². The minimum absolute atomic E-state index is 0.259. The van der Waals surface area contributed by atoms with Gasteiger partial charge in [0.15, 0.2) is 22.3 Å². The largest absolute Gasteiger partial charge is 0.496 e. The van der Waals surface area contributed by atoms with Gasteiger partial charge in [0, 0.05) is 17.7 Å². The maximum atomic E-state index is 14.0. The number of amides is 1. The first kappa shape index (κ1) is 22.2. The number of thiocarbonyl (C=S) groups is 1. The minimum Gasteiger partial charge on any atom is -0.496 e. The lowest BCUT2D eigenvalue weighted by Crippen LogP contribution is -2.67. The molecular weight excluding hydrogens is 455 g/mol. The fraction of sp³-hybridized carbons (Fsp3) is 0.231. The van der Waals surface area contributed by atoms with Crippen molar-refractivity contribution in [3.05, 3.63) is 83.7 Å². The summed E-state index contributed by atoms with van der Waals surface area (Å²) in [4.78, 5) is 17.4. The van der Waals surface area contributed by atoms with Crippen LogP contribution in [0.3, 0.4) is 0 Å². The standard InChI is InChI=1S/C26H23FN2O4S/c1-26-15-20(18-8-6-10-22(32-3)23(18)33-26)28(24(30)19-7-4-5-9-21(19)31-2)25(34)29(26)17-13-11-16(27)12-14-17/h4-14,20H,15H2,1-3H3. The molecule has 34 heavy (non-hydrogen) atoms. The first-order valence-electron chi connectivity index (χ1n) is 10.8. The number of rotatable bonds is 4. The predicted octanol–water partition coefficient (Wildman–Crippen LogP) is 5.33. The van der Waals surface area contributed by atoms with Crippen molar-refractivity contribution >= 4 is 28.9 Å². The second-order valence-electron chi connectivity index (χ2n) is 8.35. The van der Waals surface area contributed by atoms with E-state index in [9.17, 15) is 9.18 Å². The smallest absolute Gasteiger partial charge is 0.264 e. The van der Waals surface area contributed by atoms with Crippen LogP contribution in [0.5, 0.6) is 17.2 Å². The second-order valence-corrected chi connectivity index (χ2v) is 8.71. The molecule has 2 unspecified atom stereocenters. The molecule has 2 aliphatic rings. The van der Waals surface area contributed by atoms with E-state index < -0.39 is 11.8 Å². The summed E-state index contributed by atoms with van der Waals surface area (Å²) in [5.41, 5.74) is 0.884. The number of halogens is 1. The lowest BCUT2D eigenvalue weighted by atomic mass is 9.88. The van der Waals surface area contributed by atoms with E-state index >= 15 is 0 Å². The van der Waals surface area contributed by atoms with Gasteiger partial charge in [-0.25, -0.2) is 4.39 Å². The lowest BCUT2D eigenvalue weighted by molar-refractivity contribution is 0.0161. The monoisotopic (exact) mass is 478 g/mol. The molecule has 174 valence electrons. The van der Waals surface area contributed by atoms with E-state index in [2.05, 4.69) is 0 Å². The highest BCUT2D eigenvalue weighted by Crippen LogP contribution is 2.52. The van der Waals surface area contributed by atoms with Crippen molar-refractivity contribution in [2.45, 2.75) is 25.1 Å². The molecule has 0 aliphatic carbocycles. The van der Waals surface area contributed by atoms with Crippen molar-refractivity contribution in [2.75, 3.05) is 19.1 Å². The Morgan fingerprint density at radius 1 is 1.03 bits per heavy atom. The van der Waals surface area contributed by atoms with E-state index in [1.165, 1.54) is 19.2 Å². The second kappa shape index (κ2) is 8.29. The predicted molar refractivity (Wildman–Crippen MR) is 130 cm³/mol. The van der Waals surface area contributed by atoms with Crippen LogP contribution in [0.2, 0.25) is 0 Å². The summed E-state index contributed by atoms with van der Waals surface area (Å²) in [5.74, 6) is 0.904. The maximum Gasteiger partial charge on any atom is 0.264 e. The number of methoxy groups -OCH3 is 2. The molecule has 1 fully saturated rings. The van der Waals surface area contributed by atoms with Gasteiger partial charge in [0.25, 0.3) is 5.91 Å². The van der Waals surface area contributed by atoms with Gasteiger partial charge in [0.2, 0.25) is 0 Å². The number of para-hydroxylation sites is 2. The molecule has 2 bridgehead atoms. The summed E-state index contributed by atoms with van der Waals surface area (Å²) < 4.78 is 31.3. The van der Waals surface area contributed by atoms with Crippen molar-refractivity contribution in [2.24, 2.45) is 0 Å². The van der Waals surface area contributed by atoms with Gasteiger partial charge in [-0.3, -0.25) is 14.6 Å². The number of anilines is 1. The van der Waals surface area contributed by atoms with E-state index in [1.807, 2.05) is 25.1 Å². The first-order valence-corrected chi connectivity index (χ1v) is 11.2. The van der Waals surface area contributed by atoms with Gasteiger partial charge in [-0.15, -0.1) is 0 Å². The van der Waals surface area contributed by atoms with E-state index in [0.29, 0.717) is 34.9 Å². The summed E-state index contributed by atoms with van der Waals surface area (Å²) in [7, 11) is 3.10. The van der Waals surface area contributed by atoms with Crippen molar-refractivity contribution in [3.8, 4) is 17.2 Å². The van der Waals surface area contributed by atoms with Gasteiger partial charge in [0.1, 0.15) is 11.6 Å². The van der Waals surface area contributed by atoms with E-state index in [-0.39, 0.29) is 16.8 Å². The summed E-state index contributed by atoms with van der Waals surface area (Å²) in [5, 5.41) is 0.259. The Bertz CT molecular complexity index is 1280. The highest BCUT2D eigenvalue weighted by atomic mass is 32.1. The molecule has 3 aromatic carbocycles. The zero-order valence-corrected chi connectivity index (χ0v) is 19.8. The fourth-order valence-corrected chi connectivity index (χ4v) is 5.27. The molecule has 0 saturated carbocycles. The molecule has 6 nitrogen and oxygen atoms in total. The van der Waals surface area contributed by atoms with E-state index in [0.717, 1.165) is 5.56 Å². The van der Waals surface area contributed by atoms with Gasteiger partial charge >= 0.3 is 0 Å². The van der Waals surface area contributed by atoms with Crippen LogP contribution in [-0.4, -0.2) is 35.9 Å². The topological polar surface area (TPSA) is 51.2 Å². The number of carbonyl (C=O) groups excluding carboxylic acids is 1. The SMILES string of the molecule is COc1ccccc1C(=O)N1C(=S)N(c2ccc(F)cc2)C2(C)CC1c1cccc(OC)c1O2. The molecule has 0 radical (unpaired) electrons. The Hall–Kier alpha value is -3.65. The molecular formula is C26H23FN2O4S. The number of hydrogen-bond acceptors (Lipinski definition) is 5. The van der Waals surface area contributed by atoms with Crippen LogP contribution in [0, 0.1) is 5.82 Å². The molecule has 0 aromatic heterocycles. The molecule has 2 atom stereocenters. The van der Waals surface area contributed by atoms with Crippen molar-refractivity contribution in [3.63, 3.8) is 0 Å². The van der Waals surface area contributed by atoms with Crippen molar-refractivity contribution in [1.82, 2.24) is 4.90 Å². The van der Waals surface area contributed by atoms with Gasteiger partial charge in [-0.1, -0.05) is 24.3 Å². The zero-order chi connectivity index (χ0) is 24.0. The average Bonchev–Trinajstić information content (AvgIpc) is 2.84. The Morgan fingerprint density at radius 2 is 1.71 bits per heavy atom. The quantitative estimate of drug-likeness (QED) is 0.473. The number of nitrogens with zero attached hydrogens (tertiary/aromatic N) is 2. The van der Waals surface area contributed by atoms with Crippen molar-refractivity contribution in [1.29, 1.82) is 0 Å². The third-order valence-electron chi connectivity index (χ3n) is 6.31. The van der Waals surface area contributed by atoms with E-state index in [4.69, 9.17) is 26.4 Å². The normalized spacial score (nSPS) is 20.9. The molecule has 2 aliphatic heterocycles. The molecule has 5 rings (SSSR count). The molecule has 8 heteroatoms. The zero-order valence-electron chi connectivity index (χ0n) is 18.9. The number of carbonyl (C=O) groups is 1. The number of benzene rings is 3. The van der Waals surface area contributed by atoms with Gasteiger partial charge < -0.3 is 14.2 Å². The number of fused-ring (bicyclic) bond motifs is 4.